The number of ether oxygens (including phenoxy) is 1. The Bertz CT molecular complexity index is 901. The zero-order valence-electron chi connectivity index (χ0n) is 13.2. The average molecular weight is 308 g/mol. The molecule has 0 radical (unpaired) electrons. The number of Topliss-reactive ketones (excluding diaryl/α,β-unsaturated/α-hetero) is 1. The molecule has 0 aliphatic rings. The lowest BCUT2D eigenvalue weighted by molar-refractivity contribution is 0.0735. The molecule has 0 atom stereocenters. The fourth-order valence-corrected chi connectivity index (χ4v) is 2.56. The van der Waals surface area contributed by atoms with Gasteiger partial charge < -0.3 is 9.15 Å². The maximum absolute atomic E-state index is 12.2. The molecule has 1 aromatic heterocycles. The van der Waals surface area contributed by atoms with Crippen LogP contribution in [0.4, 0.5) is 0 Å². The van der Waals surface area contributed by atoms with Gasteiger partial charge in [-0.1, -0.05) is 17.7 Å². The molecular formula is C19H16O4. The van der Waals surface area contributed by atoms with Crippen molar-refractivity contribution in [3.8, 4) is 5.75 Å². The van der Waals surface area contributed by atoms with Gasteiger partial charge in [-0.25, -0.2) is 4.79 Å². The lowest BCUT2D eigenvalue weighted by Gasteiger charge is -2.05. The highest BCUT2D eigenvalue weighted by molar-refractivity contribution is 6.07. The first kappa shape index (κ1) is 15.0. The minimum Gasteiger partial charge on any atom is -0.461 e. The van der Waals surface area contributed by atoms with Gasteiger partial charge >= 0.3 is 5.97 Å². The van der Waals surface area contributed by atoms with E-state index in [1.54, 1.807) is 37.3 Å². The summed E-state index contributed by atoms with van der Waals surface area (Å²) in [5.74, 6) is 0.429. The van der Waals surface area contributed by atoms with Crippen molar-refractivity contribution in [2.24, 2.45) is 0 Å². The summed E-state index contributed by atoms with van der Waals surface area (Å²) in [5.41, 5.74) is 2.67. The Hall–Kier alpha value is -2.88. The van der Waals surface area contributed by atoms with Gasteiger partial charge in [0.2, 0.25) is 0 Å². The Morgan fingerprint density at radius 3 is 2.35 bits per heavy atom. The van der Waals surface area contributed by atoms with Crippen molar-refractivity contribution in [3.63, 3.8) is 0 Å². The average Bonchev–Trinajstić information content (AvgIpc) is 2.83. The number of benzene rings is 2. The standard InChI is InChI=1S/C19H16O4/c1-11-4-6-14(7-5-11)19(21)23-15-8-9-17-16(10-15)18(12(2)20)13(3)22-17/h4-10H,1-3H3. The molecule has 0 aliphatic carbocycles. The largest absolute Gasteiger partial charge is 0.461 e. The fourth-order valence-electron chi connectivity index (χ4n) is 2.56. The van der Waals surface area contributed by atoms with Crippen LogP contribution in [-0.2, 0) is 0 Å². The molecule has 0 spiro atoms. The van der Waals surface area contributed by atoms with E-state index in [1.165, 1.54) is 6.92 Å². The predicted octanol–water partition coefficient (Wildman–Crippen LogP) is 4.47. The van der Waals surface area contributed by atoms with Crippen molar-refractivity contribution in [1.29, 1.82) is 0 Å². The van der Waals surface area contributed by atoms with E-state index in [0.717, 1.165) is 5.56 Å². The van der Waals surface area contributed by atoms with Crippen LogP contribution in [0.5, 0.6) is 5.75 Å². The molecule has 3 rings (SSSR count). The highest BCUT2D eigenvalue weighted by atomic mass is 16.5. The molecule has 0 saturated carbocycles. The van der Waals surface area contributed by atoms with Crippen LogP contribution in [0.2, 0.25) is 0 Å². The highest BCUT2D eigenvalue weighted by Gasteiger charge is 2.16. The van der Waals surface area contributed by atoms with Gasteiger partial charge in [-0.05, 0) is 51.1 Å². The second kappa shape index (κ2) is 5.72. The van der Waals surface area contributed by atoms with Gasteiger partial charge in [0.1, 0.15) is 17.1 Å². The second-order valence-electron chi connectivity index (χ2n) is 5.50. The van der Waals surface area contributed by atoms with Gasteiger partial charge in [0.15, 0.2) is 5.78 Å². The third kappa shape index (κ3) is 2.88. The monoisotopic (exact) mass is 308 g/mol. The molecule has 116 valence electrons. The summed E-state index contributed by atoms with van der Waals surface area (Å²) in [6.45, 7) is 5.19. The number of ketones is 1. The van der Waals surface area contributed by atoms with E-state index in [-0.39, 0.29) is 5.78 Å². The molecule has 0 N–H and O–H groups in total. The van der Waals surface area contributed by atoms with E-state index in [4.69, 9.17) is 9.15 Å². The SMILES string of the molecule is CC(=O)c1c(C)oc2ccc(OC(=O)c3ccc(C)cc3)cc12. The predicted molar refractivity (Wildman–Crippen MR) is 87.1 cm³/mol. The number of hydrogen-bond acceptors (Lipinski definition) is 4. The molecule has 0 aliphatic heterocycles. The first-order valence-corrected chi connectivity index (χ1v) is 7.28. The van der Waals surface area contributed by atoms with Crippen LogP contribution in [0, 0.1) is 13.8 Å². The molecular weight excluding hydrogens is 292 g/mol. The third-order valence-electron chi connectivity index (χ3n) is 3.69. The van der Waals surface area contributed by atoms with E-state index in [0.29, 0.717) is 33.6 Å². The van der Waals surface area contributed by atoms with Gasteiger partial charge in [-0.3, -0.25) is 4.79 Å². The van der Waals surface area contributed by atoms with Gasteiger partial charge in [0, 0.05) is 5.39 Å². The van der Waals surface area contributed by atoms with Crippen molar-refractivity contribution in [2.75, 3.05) is 0 Å². The normalized spacial score (nSPS) is 10.7. The van der Waals surface area contributed by atoms with Crippen molar-refractivity contribution < 1.29 is 18.7 Å². The molecule has 0 amide bonds. The van der Waals surface area contributed by atoms with Gasteiger partial charge in [0.25, 0.3) is 0 Å². The van der Waals surface area contributed by atoms with Crippen LogP contribution in [-0.4, -0.2) is 11.8 Å². The minimum atomic E-state index is -0.436. The molecule has 1 heterocycles. The number of esters is 1. The highest BCUT2D eigenvalue weighted by Crippen LogP contribution is 2.29. The fraction of sp³-hybridized carbons (Fsp3) is 0.158. The van der Waals surface area contributed by atoms with Crippen molar-refractivity contribution >= 4 is 22.7 Å². The first-order chi connectivity index (χ1) is 11.0. The molecule has 0 saturated heterocycles. The Labute approximate surface area is 133 Å². The molecule has 3 aromatic rings. The quantitative estimate of drug-likeness (QED) is 0.407. The van der Waals surface area contributed by atoms with Crippen LogP contribution < -0.4 is 4.74 Å². The van der Waals surface area contributed by atoms with Crippen molar-refractivity contribution in [2.45, 2.75) is 20.8 Å². The third-order valence-corrected chi connectivity index (χ3v) is 3.69. The summed E-state index contributed by atoms with van der Waals surface area (Å²) in [6, 6.07) is 12.2. The number of carbonyl (C=O) groups is 2. The number of rotatable bonds is 3. The van der Waals surface area contributed by atoms with E-state index in [9.17, 15) is 9.59 Å². The summed E-state index contributed by atoms with van der Waals surface area (Å²) in [5, 5.41) is 0.657. The number of hydrogen-bond donors (Lipinski definition) is 0. The zero-order valence-corrected chi connectivity index (χ0v) is 13.2. The molecule has 0 unspecified atom stereocenters. The maximum atomic E-state index is 12.2. The molecule has 4 heteroatoms. The molecule has 4 nitrogen and oxygen atoms in total. The Morgan fingerprint density at radius 2 is 1.70 bits per heavy atom. The number of aryl methyl sites for hydroxylation is 2. The summed E-state index contributed by atoms with van der Waals surface area (Å²) < 4.78 is 11.0. The Balaban J connectivity index is 1.94. The van der Waals surface area contributed by atoms with Crippen LogP contribution in [0.15, 0.2) is 46.9 Å². The number of fused-ring (bicyclic) bond motifs is 1. The topological polar surface area (TPSA) is 56.5 Å². The van der Waals surface area contributed by atoms with E-state index >= 15 is 0 Å². The van der Waals surface area contributed by atoms with Gasteiger partial charge in [0.05, 0.1) is 11.1 Å². The lowest BCUT2D eigenvalue weighted by atomic mass is 10.1. The lowest BCUT2D eigenvalue weighted by Crippen LogP contribution is -2.08. The first-order valence-electron chi connectivity index (χ1n) is 7.28. The summed E-state index contributed by atoms with van der Waals surface area (Å²) >= 11 is 0. The van der Waals surface area contributed by atoms with Crippen LogP contribution in [0.3, 0.4) is 0 Å². The molecule has 0 fully saturated rings. The smallest absolute Gasteiger partial charge is 0.343 e. The van der Waals surface area contributed by atoms with Crippen molar-refractivity contribution in [1.82, 2.24) is 0 Å². The van der Waals surface area contributed by atoms with Crippen LogP contribution >= 0.6 is 0 Å². The molecule has 2 aromatic carbocycles. The maximum Gasteiger partial charge on any atom is 0.343 e. The van der Waals surface area contributed by atoms with Crippen molar-refractivity contribution in [3.05, 3.63) is 64.9 Å². The minimum absolute atomic E-state index is 0.0803. The van der Waals surface area contributed by atoms with E-state index in [2.05, 4.69) is 0 Å². The van der Waals surface area contributed by atoms with Crippen LogP contribution in [0.1, 0.15) is 39.0 Å². The van der Waals surface area contributed by atoms with Crippen LogP contribution in [0.25, 0.3) is 11.0 Å². The van der Waals surface area contributed by atoms with E-state index < -0.39 is 5.97 Å². The zero-order chi connectivity index (χ0) is 16.6. The summed E-state index contributed by atoms with van der Waals surface area (Å²) in [6.07, 6.45) is 0. The van der Waals surface area contributed by atoms with Gasteiger partial charge in [-0.2, -0.15) is 0 Å². The Morgan fingerprint density at radius 1 is 1.00 bits per heavy atom. The Kier molecular flexibility index (Phi) is 3.74. The van der Waals surface area contributed by atoms with E-state index in [1.807, 2.05) is 19.1 Å². The molecule has 0 bridgehead atoms. The number of carbonyl (C=O) groups excluding carboxylic acids is 2. The summed E-state index contributed by atoms with van der Waals surface area (Å²) in [7, 11) is 0. The molecule has 23 heavy (non-hydrogen) atoms. The second-order valence-corrected chi connectivity index (χ2v) is 5.50. The van der Waals surface area contributed by atoms with Gasteiger partial charge in [-0.15, -0.1) is 0 Å². The number of furan rings is 1. The summed E-state index contributed by atoms with van der Waals surface area (Å²) in [4.78, 5) is 23.9.